The topological polar surface area (TPSA) is 114 Å². The van der Waals surface area contributed by atoms with Crippen LogP contribution in [0.25, 0.3) is 22.1 Å². The number of carbonyl (C=O) groups is 1. The van der Waals surface area contributed by atoms with Crippen molar-refractivity contribution in [1.29, 1.82) is 0 Å². The summed E-state index contributed by atoms with van der Waals surface area (Å²) in [5.74, 6) is 2.30. The van der Waals surface area contributed by atoms with Gasteiger partial charge in [0, 0.05) is 5.56 Å². The Labute approximate surface area is 181 Å². The predicted molar refractivity (Wildman–Crippen MR) is 116 cm³/mol. The van der Waals surface area contributed by atoms with Gasteiger partial charge in [-0.2, -0.15) is 10.2 Å². The first-order valence-electron chi connectivity index (χ1n) is 9.11. The second kappa shape index (κ2) is 8.59. The number of aromatic amines is 2. The van der Waals surface area contributed by atoms with E-state index in [-0.39, 0.29) is 12.5 Å². The van der Waals surface area contributed by atoms with Gasteiger partial charge in [-0.15, -0.1) is 11.3 Å². The van der Waals surface area contributed by atoms with E-state index in [0.717, 1.165) is 16.2 Å². The Hall–Kier alpha value is -3.31. The maximum Gasteiger partial charge on any atom is 0.243 e. The average molecular weight is 442 g/mol. The summed E-state index contributed by atoms with van der Waals surface area (Å²) in [7, 11) is 1.61. The minimum Gasteiger partial charge on any atom is -0.497 e. The summed E-state index contributed by atoms with van der Waals surface area (Å²) < 4.78 is 7.26. The molecule has 1 atom stereocenters. The van der Waals surface area contributed by atoms with Crippen LogP contribution >= 0.6 is 23.6 Å². The summed E-state index contributed by atoms with van der Waals surface area (Å²) in [5, 5.41) is 18.9. The normalized spacial score (nSPS) is 11.9. The zero-order valence-corrected chi connectivity index (χ0v) is 17.9. The molecule has 0 radical (unpaired) electrons. The number of rotatable bonds is 7. The summed E-state index contributed by atoms with van der Waals surface area (Å²) >= 11 is 6.86. The summed E-state index contributed by atoms with van der Waals surface area (Å²) in [6, 6.07) is 10.8. The Bertz CT molecular complexity index is 1190. The second-order valence-corrected chi connectivity index (χ2v) is 7.76. The fourth-order valence-corrected chi connectivity index (χ4v) is 3.92. The molecule has 0 aliphatic carbocycles. The number of ether oxygens (including phenoxy) is 1. The van der Waals surface area contributed by atoms with Crippen molar-refractivity contribution >= 4 is 29.5 Å². The molecule has 0 spiro atoms. The third kappa shape index (κ3) is 4.02. The third-order valence-electron chi connectivity index (χ3n) is 4.52. The zero-order valence-electron chi connectivity index (χ0n) is 16.2. The van der Waals surface area contributed by atoms with E-state index in [0.29, 0.717) is 22.2 Å². The monoisotopic (exact) mass is 441 g/mol. The Morgan fingerprint density at radius 2 is 2.07 bits per heavy atom. The fraction of sp³-hybridized carbons (Fsp3) is 0.211. The number of amides is 1. The maximum absolute atomic E-state index is 12.7. The Balaban J connectivity index is 1.44. The number of aromatic nitrogens is 6. The van der Waals surface area contributed by atoms with Gasteiger partial charge in [-0.05, 0) is 54.9 Å². The van der Waals surface area contributed by atoms with E-state index in [4.69, 9.17) is 17.0 Å². The molecule has 3 aromatic heterocycles. The van der Waals surface area contributed by atoms with Gasteiger partial charge in [0.15, 0.2) is 16.4 Å². The number of H-pyrrole nitrogens is 2. The number of carbonyl (C=O) groups excluding carboxylic acids is 1. The highest BCUT2D eigenvalue weighted by molar-refractivity contribution is 7.71. The lowest BCUT2D eigenvalue weighted by Gasteiger charge is -2.14. The Morgan fingerprint density at radius 1 is 1.27 bits per heavy atom. The fourth-order valence-electron chi connectivity index (χ4n) is 2.92. The smallest absolute Gasteiger partial charge is 0.243 e. The molecule has 9 nitrogen and oxygen atoms in total. The number of thiophene rings is 1. The predicted octanol–water partition coefficient (Wildman–Crippen LogP) is 3.34. The van der Waals surface area contributed by atoms with Crippen molar-refractivity contribution < 1.29 is 9.53 Å². The molecule has 3 heterocycles. The van der Waals surface area contributed by atoms with Crippen molar-refractivity contribution in [2.45, 2.75) is 19.5 Å². The van der Waals surface area contributed by atoms with Crippen LogP contribution < -0.4 is 10.1 Å². The molecule has 11 heteroatoms. The van der Waals surface area contributed by atoms with Gasteiger partial charge in [-0.1, -0.05) is 6.07 Å². The van der Waals surface area contributed by atoms with Gasteiger partial charge in [-0.25, -0.2) is 4.98 Å². The first-order chi connectivity index (χ1) is 14.6. The highest BCUT2D eigenvalue weighted by Gasteiger charge is 2.21. The van der Waals surface area contributed by atoms with Gasteiger partial charge >= 0.3 is 0 Å². The van der Waals surface area contributed by atoms with Gasteiger partial charge in [0.25, 0.3) is 0 Å². The van der Waals surface area contributed by atoms with E-state index in [1.807, 2.05) is 41.8 Å². The van der Waals surface area contributed by atoms with E-state index in [2.05, 4.69) is 30.7 Å². The summed E-state index contributed by atoms with van der Waals surface area (Å²) in [4.78, 5) is 18.1. The average Bonchev–Trinajstić information content (AvgIpc) is 3.52. The highest BCUT2D eigenvalue weighted by atomic mass is 32.1. The molecule has 3 N–H and O–H groups in total. The molecule has 0 bridgehead atoms. The van der Waals surface area contributed by atoms with Crippen LogP contribution in [0.4, 0.5) is 0 Å². The number of benzene rings is 1. The number of nitrogens with one attached hydrogen (secondary N) is 3. The molecule has 4 aromatic rings. The van der Waals surface area contributed by atoms with E-state index in [1.54, 1.807) is 18.6 Å². The van der Waals surface area contributed by atoms with E-state index in [1.165, 1.54) is 11.3 Å². The summed E-state index contributed by atoms with van der Waals surface area (Å²) in [6.07, 6.45) is 0. The lowest BCUT2D eigenvalue weighted by Crippen LogP contribution is -2.31. The van der Waals surface area contributed by atoms with E-state index >= 15 is 0 Å². The standard InChI is InChI=1S/C19H19N7O2S2/c1-11(26-17(24-25-19(26)29)14-4-3-9-30-14)18(27)20-10-15-21-16(23-22-15)12-5-7-13(28-2)8-6-12/h3-9,11H,10H2,1-2H3,(H,20,27)(H,25,29)(H,21,22,23). The van der Waals surface area contributed by atoms with Crippen LogP contribution in [-0.4, -0.2) is 43.0 Å². The van der Waals surface area contributed by atoms with Gasteiger partial charge in [0.1, 0.15) is 17.6 Å². The molecule has 0 saturated heterocycles. The first-order valence-corrected chi connectivity index (χ1v) is 10.4. The minimum atomic E-state index is -0.544. The van der Waals surface area contributed by atoms with Crippen LogP contribution in [-0.2, 0) is 11.3 Å². The molecule has 1 unspecified atom stereocenters. The first kappa shape index (κ1) is 20.0. The molecule has 0 aliphatic rings. The quantitative estimate of drug-likeness (QED) is 0.379. The molecule has 4 rings (SSSR count). The van der Waals surface area contributed by atoms with Crippen molar-refractivity contribution in [2.24, 2.45) is 0 Å². The Kier molecular flexibility index (Phi) is 5.72. The van der Waals surface area contributed by atoms with E-state index in [9.17, 15) is 4.79 Å². The molecule has 0 saturated carbocycles. The number of methoxy groups -OCH3 is 1. The lowest BCUT2D eigenvalue weighted by molar-refractivity contribution is -0.124. The van der Waals surface area contributed by atoms with Gasteiger partial charge in [-0.3, -0.25) is 19.6 Å². The van der Waals surface area contributed by atoms with Crippen molar-refractivity contribution in [3.63, 3.8) is 0 Å². The molecule has 0 aliphatic heterocycles. The molecular formula is C19H19N7O2S2. The largest absolute Gasteiger partial charge is 0.497 e. The molecule has 30 heavy (non-hydrogen) atoms. The number of nitrogens with zero attached hydrogens (tertiary/aromatic N) is 4. The van der Waals surface area contributed by atoms with Gasteiger partial charge < -0.3 is 10.1 Å². The highest BCUT2D eigenvalue weighted by Crippen LogP contribution is 2.25. The van der Waals surface area contributed by atoms with Crippen molar-refractivity contribution in [3.8, 4) is 27.8 Å². The molecular weight excluding hydrogens is 422 g/mol. The summed E-state index contributed by atoms with van der Waals surface area (Å²) in [5.41, 5.74) is 0.850. The van der Waals surface area contributed by atoms with Crippen molar-refractivity contribution in [3.05, 3.63) is 52.4 Å². The Morgan fingerprint density at radius 3 is 2.77 bits per heavy atom. The summed E-state index contributed by atoms with van der Waals surface area (Å²) in [6.45, 7) is 1.99. The van der Waals surface area contributed by atoms with Crippen LogP contribution in [0.15, 0.2) is 41.8 Å². The van der Waals surface area contributed by atoms with Crippen molar-refractivity contribution in [2.75, 3.05) is 7.11 Å². The minimum absolute atomic E-state index is 0.201. The second-order valence-electron chi connectivity index (χ2n) is 6.43. The number of hydrogen-bond donors (Lipinski definition) is 3. The van der Waals surface area contributed by atoms with E-state index < -0.39 is 6.04 Å². The zero-order chi connectivity index (χ0) is 21.1. The SMILES string of the molecule is COc1ccc(-c2n[nH]c(CNC(=O)C(C)n3c(-c4cccs4)n[nH]c3=S)n2)cc1. The molecule has 0 fully saturated rings. The van der Waals surface area contributed by atoms with Crippen LogP contribution in [0.5, 0.6) is 5.75 Å². The van der Waals surface area contributed by atoms with Crippen molar-refractivity contribution in [1.82, 2.24) is 35.3 Å². The van der Waals surface area contributed by atoms with Gasteiger partial charge in [0.05, 0.1) is 18.5 Å². The van der Waals surface area contributed by atoms with Gasteiger partial charge in [0.2, 0.25) is 5.91 Å². The molecule has 154 valence electrons. The molecule has 1 aromatic carbocycles. The third-order valence-corrected chi connectivity index (χ3v) is 5.68. The molecule has 1 amide bonds. The van der Waals surface area contributed by atoms with Crippen LogP contribution in [0.1, 0.15) is 18.8 Å². The van der Waals surface area contributed by atoms with Crippen LogP contribution in [0, 0.1) is 4.77 Å². The van der Waals surface area contributed by atoms with Crippen LogP contribution in [0.2, 0.25) is 0 Å². The van der Waals surface area contributed by atoms with Crippen LogP contribution in [0.3, 0.4) is 0 Å². The number of hydrogen-bond acceptors (Lipinski definition) is 7. The lowest BCUT2D eigenvalue weighted by atomic mass is 10.2. The maximum atomic E-state index is 12.7.